The molecule has 5 heteroatoms. The summed E-state index contributed by atoms with van der Waals surface area (Å²) < 4.78 is 0. The number of hydrogen-bond donors (Lipinski definition) is 0. The summed E-state index contributed by atoms with van der Waals surface area (Å²) in [5.74, 6) is 0.764. The summed E-state index contributed by atoms with van der Waals surface area (Å²) in [5.41, 5.74) is 0. The van der Waals surface area contributed by atoms with Crippen molar-refractivity contribution >= 4 is 11.8 Å². The Morgan fingerprint density at radius 1 is 0.870 bits per heavy atom. The number of piperidine rings is 1. The summed E-state index contributed by atoms with van der Waals surface area (Å²) >= 11 is 0. The average molecular weight is 319 g/mol. The highest BCUT2D eigenvalue weighted by molar-refractivity contribution is 5.80. The number of likely N-dealkylation sites (tertiary alicyclic amines) is 1. The Labute approximate surface area is 139 Å². The third kappa shape index (κ3) is 4.34. The summed E-state index contributed by atoms with van der Waals surface area (Å²) in [7, 11) is 0. The second kappa shape index (κ2) is 7.95. The van der Waals surface area contributed by atoms with Crippen molar-refractivity contribution in [3.8, 4) is 0 Å². The lowest BCUT2D eigenvalue weighted by molar-refractivity contribution is -0.138. The number of allylic oxidation sites excluding steroid dienone is 2. The van der Waals surface area contributed by atoms with Crippen molar-refractivity contribution < 1.29 is 9.59 Å². The van der Waals surface area contributed by atoms with Crippen molar-refractivity contribution in [2.24, 2.45) is 5.92 Å². The Morgan fingerprint density at radius 2 is 1.61 bits per heavy atom. The molecule has 2 fully saturated rings. The summed E-state index contributed by atoms with van der Waals surface area (Å²) in [4.78, 5) is 31.1. The third-order valence-corrected chi connectivity index (χ3v) is 5.37. The van der Waals surface area contributed by atoms with Crippen LogP contribution in [0.25, 0.3) is 0 Å². The van der Waals surface area contributed by atoms with E-state index in [0.717, 1.165) is 71.4 Å². The predicted octanol–water partition coefficient (Wildman–Crippen LogP) is 1.50. The van der Waals surface area contributed by atoms with E-state index in [9.17, 15) is 9.59 Å². The first-order valence-electron chi connectivity index (χ1n) is 9.18. The predicted molar refractivity (Wildman–Crippen MR) is 89.9 cm³/mol. The fraction of sp³-hybridized carbons (Fsp3) is 0.778. The molecule has 0 aromatic carbocycles. The Morgan fingerprint density at radius 3 is 2.26 bits per heavy atom. The van der Waals surface area contributed by atoms with Gasteiger partial charge in [-0.1, -0.05) is 12.2 Å². The summed E-state index contributed by atoms with van der Waals surface area (Å²) in [6, 6.07) is 0. The molecule has 5 nitrogen and oxygen atoms in total. The maximum atomic E-state index is 12.5. The first-order valence-corrected chi connectivity index (χ1v) is 9.18. The van der Waals surface area contributed by atoms with Crippen LogP contribution >= 0.6 is 0 Å². The maximum absolute atomic E-state index is 12.5. The molecule has 2 saturated heterocycles. The van der Waals surface area contributed by atoms with Crippen LogP contribution in [-0.4, -0.2) is 72.3 Å². The molecular formula is C18H29N3O2. The third-order valence-electron chi connectivity index (χ3n) is 5.37. The molecule has 0 bridgehead atoms. The highest BCUT2D eigenvalue weighted by Gasteiger charge is 2.28. The van der Waals surface area contributed by atoms with Crippen molar-refractivity contribution in [1.29, 1.82) is 0 Å². The normalized spacial score (nSPS) is 26.3. The molecule has 1 atom stereocenters. The largest absolute Gasteiger partial charge is 0.342 e. The monoisotopic (exact) mass is 319 g/mol. The van der Waals surface area contributed by atoms with Gasteiger partial charge in [-0.15, -0.1) is 0 Å². The lowest BCUT2D eigenvalue weighted by atomic mass is 9.93. The SMILES string of the molecule is O=C(CN1CCN(C(=O)C2CC=CCC2)CC1)N1CCCCC1. The highest BCUT2D eigenvalue weighted by Crippen LogP contribution is 2.21. The van der Waals surface area contributed by atoms with E-state index < -0.39 is 0 Å². The first-order chi connectivity index (χ1) is 11.2. The Kier molecular flexibility index (Phi) is 5.70. The molecule has 3 aliphatic rings. The minimum atomic E-state index is 0.182. The van der Waals surface area contributed by atoms with Gasteiger partial charge in [0.15, 0.2) is 0 Å². The van der Waals surface area contributed by atoms with Gasteiger partial charge in [0.25, 0.3) is 0 Å². The van der Waals surface area contributed by atoms with Gasteiger partial charge in [0.2, 0.25) is 11.8 Å². The number of rotatable bonds is 3. The van der Waals surface area contributed by atoms with Gasteiger partial charge < -0.3 is 9.80 Å². The lowest BCUT2D eigenvalue weighted by Gasteiger charge is -2.37. The van der Waals surface area contributed by atoms with Crippen LogP contribution < -0.4 is 0 Å². The highest BCUT2D eigenvalue weighted by atomic mass is 16.2. The second-order valence-electron chi connectivity index (χ2n) is 7.02. The van der Waals surface area contributed by atoms with Crippen LogP contribution in [0.5, 0.6) is 0 Å². The molecule has 2 aliphatic heterocycles. The van der Waals surface area contributed by atoms with E-state index in [1.807, 2.05) is 9.80 Å². The molecule has 0 aromatic rings. The van der Waals surface area contributed by atoms with Gasteiger partial charge in [0.05, 0.1) is 6.54 Å². The minimum Gasteiger partial charge on any atom is -0.342 e. The molecule has 1 unspecified atom stereocenters. The Balaban J connectivity index is 1.42. The van der Waals surface area contributed by atoms with E-state index in [4.69, 9.17) is 0 Å². The van der Waals surface area contributed by atoms with Crippen LogP contribution in [0.3, 0.4) is 0 Å². The van der Waals surface area contributed by atoms with Crippen LogP contribution in [0.4, 0.5) is 0 Å². The van der Waals surface area contributed by atoms with Gasteiger partial charge in [0.1, 0.15) is 0 Å². The quantitative estimate of drug-likeness (QED) is 0.741. The minimum absolute atomic E-state index is 0.182. The molecule has 0 saturated carbocycles. The zero-order valence-electron chi connectivity index (χ0n) is 14.1. The first kappa shape index (κ1) is 16.5. The maximum Gasteiger partial charge on any atom is 0.236 e. The van der Waals surface area contributed by atoms with Gasteiger partial charge in [-0.2, -0.15) is 0 Å². The van der Waals surface area contributed by atoms with Crippen molar-refractivity contribution in [1.82, 2.24) is 14.7 Å². The zero-order chi connectivity index (χ0) is 16.1. The second-order valence-corrected chi connectivity index (χ2v) is 7.02. The van der Waals surface area contributed by atoms with Crippen molar-refractivity contribution in [3.05, 3.63) is 12.2 Å². The molecule has 0 N–H and O–H groups in total. The van der Waals surface area contributed by atoms with Gasteiger partial charge in [-0.05, 0) is 38.5 Å². The summed E-state index contributed by atoms with van der Waals surface area (Å²) in [6.45, 7) is 5.56. The number of nitrogens with zero attached hydrogens (tertiary/aromatic N) is 3. The molecule has 1 aliphatic carbocycles. The molecule has 128 valence electrons. The van der Waals surface area contributed by atoms with Crippen LogP contribution in [0.2, 0.25) is 0 Å². The van der Waals surface area contributed by atoms with Gasteiger partial charge in [-0.25, -0.2) is 0 Å². The van der Waals surface area contributed by atoms with Gasteiger partial charge in [0, 0.05) is 45.2 Å². The van der Waals surface area contributed by atoms with Gasteiger partial charge in [-0.3, -0.25) is 14.5 Å². The summed E-state index contributed by atoms with van der Waals surface area (Å²) in [5, 5.41) is 0. The van der Waals surface area contributed by atoms with Crippen LogP contribution in [0.15, 0.2) is 12.2 Å². The summed E-state index contributed by atoms with van der Waals surface area (Å²) in [6.07, 6.45) is 10.8. The number of carbonyl (C=O) groups is 2. The average Bonchev–Trinajstić information content (AvgIpc) is 2.63. The zero-order valence-corrected chi connectivity index (χ0v) is 14.1. The van der Waals surface area contributed by atoms with E-state index in [2.05, 4.69) is 17.1 Å². The number of amides is 2. The van der Waals surface area contributed by atoms with E-state index in [1.54, 1.807) is 0 Å². The van der Waals surface area contributed by atoms with Crippen molar-refractivity contribution in [2.75, 3.05) is 45.8 Å². The molecule has 0 spiro atoms. The Bertz CT molecular complexity index is 449. The molecule has 2 amide bonds. The molecule has 3 rings (SSSR count). The molecule has 23 heavy (non-hydrogen) atoms. The van der Waals surface area contributed by atoms with Crippen molar-refractivity contribution in [2.45, 2.75) is 38.5 Å². The number of hydrogen-bond acceptors (Lipinski definition) is 3. The number of piperazine rings is 1. The number of carbonyl (C=O) groups excluding carboxylic acids is 2. The Hall–Kier alpha value is -1.36. The van der Waals surface area contributed by atoms with E-state index in [-0.39, 0.29) is 11.8 Å². The van der Waals surface area contributed by atoms with Crippen LogP contribution in [-0.2, 0) is 9.59 Å². The molecule has 2 heterocycles. The van der Waals surface area contributed by atoms with E-state index >= 15 is 0 Å². The smallest absolute Gasteiger partial charge is 0.236 e. The van der Waals surface area contributed by atoms with E-state index in [1.165, 1.54) is 6.42 Å². The topological polar surface area (TPSA) is 43.9 Å². The van der Waals surface area contributed by atoms with Gasteiger partial charge >= 0.3 is 0 Å². The van der Waals surface area contributed by atoms with E-state index in [0.29, 0.717) is 12.5 Å². The fourth-order valence-electron chi connectivity index (χ4n) is 3.84. The van der Waals surface area contributed by atoms with Crippen molar-refractivity contribution in [3.63, 3.8) is 0 Å². The van der Waals surface area contributed by atoms with Crippen LogP contribution in [0, 0.1) is 5.92 Å². The lowest BCUT2D eigenvalue weighted by Crippen LogP contribution is -2.53. The molecule has 0 aromatic heterocycles. The van der Waals surface area contributed by atoms with Crippen LogP contribution in [0.1, 0.15) is 38.5 Å². The molecule has 0 radical (unpaired) electrons. The fourth-order valence-corrected chi connectivity index (χ4v) is 3.84. The molecular weight excluding hydrogens is 290 g/mol. The standard InChI is InChI=1S/C18H29N3O2/c22-17(20-9-5-2-6-10-20)15-19-11-13-21(14-12-19)18(23)16-7-3-1-4-8-16/h1,3,16H,2,4-15H2.